The van der Waals surface area contributed by atoms with Crippen molar-refractivity contribution in [1.82, 2.24) is 5.43 Å². The Bertz CT molecular complexity index is 956. The summed E-state index contributed by atoms with van der Waals surface area (Å²) in [5, 5.41) is 4.94. The number of carbonyl (C=O) groups excluding carboxylic acids is 1. The maximum atomic E-state index is 12.2. The van der Waals surface area contributed by atoms with E-state index in [9.17, 15) is 4.79 Å². The minimum Gasteiger partial charge on any atom is -0.487 e. The molecule has 8 heteroatoms. The van der Waals surface area contributed by atoms with E-state index in [1.165, 1.54) is 6.21 Å². The lowest BCUT2D eigenvalue weighted by molar-refractivity contribution is 0.0954. The molecule has 0 saturated carbocycles. The van der Waals surface area contributed by atoms with Crippen LogP contribution in [0.25, 0.3) is 6.08 Å². The van der Waals surface area contributed by atoms with Crippen LogP contribution in [0.5, 0.6) is 17.2 Å². The van der Waals surface area contributed by atoms with Gasteiger partial charge >= 0.3 is 0 Å². The average molecular weight is 391 g/mol. The third kappa shape index (κ3) is 3.34. The molecule has 1 N–H and O–H groups in total. The Morgan fingerprint density at radius 2 is 1.96 bits per heavy atom. The number of ether oxygens (including phenoxy) is 3. The summed E-state index contributed by atoms with van der Waals surface area (Å²) in [4.78, 5) is 12.2. The summed E-state index contributed by atoms with van der Waals surface area (Å²) in [6.07, 6.45) is 3.37. The largest absolute Gasteiger partial charge is 0.487 e. The monoisotopic (exact) mass is 390 g/mol. The fourth-order valence-corrected chi connectivity index (χ4v) is 3.15. The van der Waals surface area contributed by atoms with Crippen molar-refractivity contribution in [2.24, 2.45) is 5.10 Å². The molecule has 0 aliphatic carbocycles. The van der Waals surface area contributed by atoms with Crippen molar-refractivity contribution in [2.45, 2.75) is 0 Å². The van der Waals surface area contributed by atoms with Crippen LogP contribution >= 0.6 is 23.2 Å². The Morgan fingerprint density at radius 1 is 1.12 bits per heavy atom. The third-order valence-electron chi connectivity index (χ3n) is 3.79. The first-order valence-electron chi connectivity index (χ1n) is 7.65. The second kappa shape index (κ2) is 6.90. The molecule has 0 saturated heterocycles. The van der Waals surface area contributed by atoms with Crippen molar-refractivity contribution in [1.29, 1.82) is 0 Å². The van der Waals surface area contributed by atoms with Crippen LogP contribution in [-0.2, 0) is 0 Å². The standard InChI is InChI=1S/C18H12Cl2N2O4/c19-13-4-12-3-10(8-24-17(12)14(20)6-13)7-21-22-18(23)11-1-2-15-16(5-11)26-9-25-15/h1-7H,8-9H2,(H,22,23)/b21-7+. The molecule has 4 rings (SSSR count). The van der Waals surface area contributed by atoms with Crippen LogP contribution in [0, 0.1) is 0 Å². The van der Waals surface area contributed by atoms with Gasteiger partial charge in [0.15, 0.2) is 11.5 Å². The normalized spacial score (nSPS) is 14.6. The number of hydrogen-bond donors (Lipinski definition) is 1. The molecule has 132 valence electrons. The van der Waals surface area contributed by atoms with Crippen LogP contribution in [0.15, 0.2) is 41.0 Å². The fraction of sp³-hybridized carbons (Fsp3) is 0.111. The minimum absolute atomic E-state index is 0.155. The highest BCUT2D eigenvalue weighted by Gasteiger charge is 2.17. The van der Waals surface area contributed by atoms with Crippen LogP contribution < -0.4 is 19.6 Å². The van der Waals surface area contributed by atoms with E-state index in [1.54, 1.807) is 30.3 Å². The number of hydrazone groups is 1. The zero-order chi connectivity index (χ0) is 18.1. The number of benzene rings is 2. The minimum atomic E-state index is -0.358. The number of carbonyl (C=O) groups is 1. The lowest BCUT2D eigenvalue weighted by atomic mass is 10.1. The molecule has 2 aromatic rings. The number of nitrogens with zero attached hydrogens (tertiary/aromatic N) is 1. The maximum absolute atomic E-state index is 12.2. The summed E-state index contributed by atoms with van der Waals surface area (Å²) in [6.45, 7) is 0.444. The second-order valence-corrected chi connectivity index (χ2v) is 6.42. The third-order valence-corrected chi connectivity index (χ3v) is 4.29. The van der Waals surface area contributed by atoms with Crippen molar-refractivity contribution in [2.75, 3.05) is 13.4 Å². The van der Waals surface area contributed by atoms with Gasteiger partial charge in [-0.15, -0.1) is 0 Å². The summed E-state index contributed by atoms with van der Waals surface area (Å²) >= 11 is 12.1. The average Bonchev–Trinajstić information content (AvgIpc) is 3.08. The molecular formula is C18H12Cl2N2O4. The Labute approximate surface area is 159 Å². The summed E-state index contributed by atoms with van der Waals surface area (Å²) < 4.78 is 16.1. The molecule has 0 spiro atoms. The van der Waals surface area contributed by atoms with Crippen LogP contribution in [0.1, 0.15) is 15.9 Å². The number of fused-ring (bicyclic) bond motifs is 2. The molecule has 2 aliphatic heterocycles. The van der Waals surface area contributed by atoms with Gasteiger partial charge in [0.2, 0.25) is 6.79 Å². The van der Waals surface area contributed by atoms with E-state index in [0.717, 1.165) is 11.1 Å². The SMILES string of the molecule is O=C(N/N=C/C1=Cc2cc(Cl)cc(Cl)c2OC1)c1ccc2c(c1)OCO2. The molecule has 2 aliphatic rings. The number of hydrogen-bond acceptors (Lipinski definition) is 5. The first-order chi connectivity index (χ1) is 12.6. The zero-order valence-corrected chi connectivity index (χ0v) is 14.8. The van der Waals surface area contributed by atoms with Gasteiger partial charge in [-0.1, -0.05) is 23.2 Å². The molecule has 26 heavy (non-hydrogen) atoms. The molecular weight excluding hydrogens is 379 g/mol. The molecule has 0 aromatic heterocycles. The number of halogens is 2. The van der Waals surface area contributed by atoms with Crippen molar-refractivity contribution in [3.8, 4) is 17.2 Å². The Hall–Kier alpha value is -2.70. The zero-order valence-electron chi connectivity index (χ0n) is 13.3. The molecule has 2 heterocycles. The fourth-order valence-electron chi connectivity index (χ4n) is 2.59. The smallest absolute Gasteiger partial charge is 0.271 e. The maximum Gasteiger partial charge on any atom is 0.271 e. The van der Waals surface area contributed by atoms with E-state index in [1.807, 2.05) is 6.08 Å². The summed E-state index contributed by atoms with van der Waals surface area (Å²) in [6, 6.07) is 8.31. The van der Waals surface area contributed by atoms with Gasteiger partial charge in [0.05, 0.1) is 11.2 Å². The van der Waals surface area contributed by atoms with Crippen LogP contribution in [0.4, 0.5) is 0 Å². The molecule has 0 fully saturated rings. The van der Waals surface area contributed by atoms with Gasteiger partial charge in [0, 0.05) is 21.7 Å². The molecule has 0 bridgehead atoms. The van der Waals surface area contributed by atoms with E-state index in [-0.39, 0.29) is 19.3 Å². The number of rotatable bonds is 3. The topological polar surface area (TPSA) is 69.2 Å². The number of amides is 1. The van der Waals surface area contributed by atoms with Crippen molar-refractivity contribution in [3.05, 3.63) is 57.1 Å². The molecule has 1 amide bonds. The van der Waals surface area contributed by atoms with Gasteiger partial charge in [-0.2, -0.15) is 5.10 Å². The van der Waals surface area contributed by atoms with E-state index in [2.05, 4.69) is 10.5 Å². The molecule has 0 atom stereocenters. The van der Waals surface area contributed by atoms with E-state index in [0.29, 0.717) is 32.9 Å². The second-order valence-electron chi connectivity index (χ2n) is 5.58. The molecule has 0 radical (unpaired) electrons. The van der Waals surface area contributed by atoms with Crippen LogP contribution in [0.2, 0.25) is 10.0 Å². The van der Waals surface area contributed by atoms with Gasteiger partial charge in [0.1, 0.15) is 12.4 Å². The first kappa shape index (κ1) is 16.8. The summed E-state index contributed by atoms with van der Waals surface area (Å²) in [5.41, 5.74) is 4.42. The van der Waals surface area contributed by atoms with Crippen molar-refractivity contribution >= 4 is 41.4 Å². The molecule has 6 nitrogen and oxygen atoms in total. The number of nitrogens with one attached hydrogen (secondary N) is 1. The highest BCUT2D eigenvalue weighted by atomic mass is 35.5. The van der Waals surface area contributed by atoms with Gasteiger partial charge in [-0.3, -0.25) is 4.79 Å². The first-order valence-corrected chi connectivity index (χ1v) is 8.41. The van der Waals surface area contributed by atoms with Gasteiger partial charge in [-0.05, 0) is 36.4 Å². The predicted molar refractivity (Wildman–Crippen MR) is 98.5 cm³/mol. The lowest BCUT2D eigenvalue weighted by Gasteiger charge is -2.17. The van der Waals surface area contributed by atoms with Crippen molar-refractivity contribution in [3.63, 3.8) is 0 Å². The van der Waals surface area contributed by atoms with E-state index >= 15 is 0 Å². The summed E-state index contributed by atoms with van der Waals surface area (Å²) in [5.74, 6) is 1.38. The van der Waals surface area contributed by atoms with E-state index < -0.39 is 0 Å². The van der Waals surface area contributed by atoms with Gasteiger partial charge in [-0.25, -0.2) is 5.43 Å². The lowest BCUT2D eigenvalue weighted by Crippen LogP contribution is -2.18. The summed E-state index contributed by atoms with van der Waals surface area (Å²) in [7, 11) is 0. The highest BCUT2D eigenvalue weighted by molar-refractivity contribution is 6.36. The van der Waals surface area contributed by atoms with Crippen LogP contribution in [0.3, 0.4) is 0 Å². The van der Waals surface area contributed by atoms with Crippen LogP contribution in [-0.4, -0.2) is 25.5 Å². The molecule has 2 aromatic carbocycles. The molecule has 0 unspecified atom stereocenters. The Morgan fingerprint density at radius 3 is 2.85 bits per heavy atom. The highest BCUT2D eigenvalue weighted by Crippen LogP contribution is 2.36. The predicted octanol–water partition coefficient (Wildman–Crippen LogP) is 3.91. The quantitative estimate of drug-likeness (QED) is 0.636. The Kier molecular flexibility index (Phi) is 4.44. The van der Waals surface area contributed by atoms with Gasteiger partial charge in [0.25, 0.3) is 5.91 Å². The Balaban J connectivity index is 1.45. The van der Waals surface area contributed by atoms with Gasteiger partial charge < -0.3 is 14.2 Å². The van der Waals surface area contributed by atoms with Crippen molar-refractivity contribution < 1.29 is 19.0 Å². The van der Waals surface area contributed by atoms with E-state index in [4.69, 9.17) is 37.4 Å².